The molecule has 2 fully saturated rings. The fraction of sp³-hybridized carbons (Fsp3) is 0.438. The van der Waals surface area contributed by atoms with E-state index in [1.165, 1.54) is 0 Å². The summed E-state index contributed by atoms with van der Waals surface area (Å²) in [4.78, 5) is 91.5. The quantitative estimate of drug-likeness (QED) is 0.0697. The van der Waals surface area contributed by atoms with E-state index < -0.39 is 104 Å². The lowest BCUT2D eigenvalue weighted by Crippen LogP contribution is -2.47. The SMILES string of the molecule is Nc1nc2c(nc(Br)n2[C@@H]2O[C@H](COP(=O)(O)OP(=O)(O)OP(=O)(O)O)[C@H]3OC4(O[C@H]32)C([N+](=O)[O-])=CC([N+](=O)[O-])C=C4[N+](=O)[O-])c(=O)[nH]1. The second kappa shape index (κ2) is 12.2. The van der Waals surface area contributed by atoms with Gasteiger partial charge in [-0.3, -0.25) is 49.2 Å². The van der Waals surface area contributed by atoms with E-state index in [0.29, 0.717) is 12.2 Å². The molecule has 6 atom stereocenters. The van der Waals surface area contributed by atoms with E-state index in [0.717, 1.165) is 4.57 Å². The standard InChI is InChI=1S/C16H16BrN8O20P3/c17-14-19-8-11(20-15(18)21-12(8)26)22(14)13-10-9(5(41-13)3-40-47(36,37)45-48(38,39)44-46(33,34)35)42-16(43-10)6(24(29)30)1-4(23(27)28)2-7(16)25(31)32/h1-2,4-5,9-10,13H,3H2,(H,36,37)(H,38,39)(H2,33,34,35)(H3,18,20,21,26)/t4?,5-,9-,10-,13-,16?/m1/s1. The lowest BCUT2D eigenvalue weighted by molar-refractivity contribution is -0.522. The van der Waals surface area contributed by atoms with Crippen LogP contribution in [0, 0.1) is 30.3 Å². The molecule has 28 nitrogen and oxygen atoms in total. The van der Waals surface area contributed by atoms with Gasteiger partial charge in [-0.15, -0.1) is 0 Å². The van der Waals surface area contributed by atoms with Crippen LogP contribution in [0.5, 0.6) is 0 Å². The highest BCUT2D eigenvalue weighted by atomic mass is 79.9. The molecule has 2 aromatic rings. The summed E-state index contributed by atoms with van der Waals surface area (Å²) in [5.74, 6) is -3.56. The summed E-state index contributed by atoms with van der Waals surface area (Å²) in [5, 5.41) is 35.7. The van der Waals surface area contributed by atoms with Crippen molar-refractivity contribution in [2.45, 2.75) is 36.4 Å². The molecular weight excluding hydrogens is 797 g/mol. The van der Waals surface area contributed by atoms with Crippen LogP contribution in [0.25, 0.3) is 11.2 Å². The molecule has 1 spiro atoms. The molecule has 5 rings (SSSR count). The molecule has 0 amide bonds. The smallest absolute Gasteiger partial charge is 0.369 e. The first-order valence-corrected chi connectivity index (χ1v) is 17.4. The molecule has 2 aliphatic heterocycles. The summed E-state index contributed by atoms with van der Waals surface area (Å²) >= 11 is 3.06. The first-order chi connectivity index (χ1) is 22.0. The second-order valence-electron chi connectivity index (χ2n) is 9.50. The van der Waals surface area contributed by atoms with Gasteiger partial charge in [-0.1, -0.05) is 0 Å². The number of nitrogens with zero attached hydrogens (tertiary/aromatic N) is 6. The van der Waals surface area contributed by atoms with Crippen LogP contribution in [-0.4, -0.2) is 90.6 Å². The minimum Gasteiger partial charge on any atom is -0.369 e. The Morgan fingerprint density at radius 3 is 2.12 bits per heavy atom. The number of aromatic amines is 1. The third-order valence-corrected chi connectivity index (χ3v) is 10.8. The molecule has 0 radical (unpaired) electrons. The Labute approximate surface area is 269 Å². The molecule has 4 heterocycles. The van der Waals surface area contributed by atoms with Crippen LogP contribution < -0.4 is 11.3 Å². The van der Waals surface area contributed by atoms with Crippen LogP contribution in [-0.2, 0) is 41.1 Å². The highest BCUT2D eigenvalue weighted by Crippen LogP contribution is 2.66. The van der Waals surface area contributed by atoms with E-state index in [1.807, 2.05) is 0 Å². The van der Waals surface area contributed by atoms with Gasteiger partial charge in [-0.2, -0.15) is 13.6 Å². The zero-order valence-electron chi connectivity index (χ0n) is 22.5. The van der Waals surface area contributed by atoms with Gasteiger partial charge in [0.15, 0.2) is 22.1 Å². The Bertz CT molecular complexity index is 1980. The number of anilines is 1. The van der Waals surface area contributed by atoms with E-state index in [9.17, 15) is 58.6 Å². The molecule has 0 aromatic carbocycles. The first kappa shape index (κ1) is 35.9. The highest BCUT2D eigenvalue weighted by molar-refractivity contribution is 9.10. The van der Waals surface area contributed by atoms with E-state index in [2.05, 4.69) is 44.0 Å². The van der Waals surface area contributed by atoms with Crippen molar-refractivity contribution < 1.29 is 75.4 Å². The monoisotopic (exact) mass is 812 g/mol. The molecule has 262 valence electrons. The number of hydrogen-bond donors (Lipinski definition) is 6. The Hall–Kier alpha value is -3.40. The zero-order valence-corrected chi connectivity index (χ0v) is 26.8. The van der Waals surface area contributed by atoms with Crippen molar-refractivity contribution in [2.24, 2.45) is 0 Å². The fourth-order valence-electron chi connectivity index (χ4n) is 4.85. The molecule has 7 N–H and O–H groups in total. The van der Waals surface area contributed by atoms with Crippen LogP contribution in [0.1, 0.15) is 6.23 Å². The molecule has 3 aliphatic rings. The third kappa shape index (κ3) is 6.74. The van der Waals surface area contributed by atoms with Gasteiger partial charge in [0.1, 0.15) is 18.3 Å². The van der Waals surface area contributed by atoms with Gasteiger partial charge in [-0.05, 0) is 15.9 Å². The number of phosphoric acid groups is 3. The summed E-state index contributed by atoms with van der Waals surface area (Å²) in [6.45, 7) is -1.27. The predicted octanol–water partition coefficient (Wildman–Crippen LogP) is -0.835. The molecule has 32 heteroatoms. The van der Waals surface area contributed by atoms with Crippen LogP contribution in [0.4, 0.5) is 5.95 Å². The average molecular weight is 813 g/mol. The van der Waals surface area contributed by atoms with Crippen LogP contribution in [0.2, 0.25) is 0 Å². The summed E-state index contributed by atoms with van der Waals surface area (Å²) in [5.41, 5.74) is 1.41. The van der Waals surface area contributed by atoms with Crippen LogP contribution in [0.3, 0.4) is 0 Å². The molecule has 2 unspecified atom stereocenters. The first-order valence-electron chi connectivity index (χ1n) is 12.1. The van der Waals surface area contributed by atoms with Crippen molar-refractivity contribution >= 4 is 56.5 Å². The minimum absolute atomic E-state index is 0.255. The Morgan fingerprint density at radius 1 is 1.00 bits per heavy atom. The van der Waals surface area contributed by atoms with Gasteiger partial charge in [0.25, 0.3) is 11.6 Å². The second-order valence-corrected chi connectivity index (χ2v) is 14.6. The number of imidazole rings is 1. The molecule has 2 saturated heterocycles. The van der Waals surface area contributed by atoms with E-state index in [1.54, 1.807) is 0 Å². The van der Waals surface area contributed by atoms with Gasteiger partial charge in [-0.25, -0.2) is 18.7 Å². The number of halogens is 1. The topological polar surface area (TPSA) is 407 Å². The molecule has 0 saturated carbocycles. The maximum absolute atomic E-state index is 12.5. The number of H-pyrrole nitrogens is 1. The number of nitrogen functional groups attached to an aromatic ring is 1. The van der Waals surface area contributed by atoms with Crippen molar-refractivity contribution in [3.8, 4) is 0 Å². The fourth-order valence-corrected chi connectivity index (χ4v) is 8.42. The van der Waals surface area contributed by atoms with Crippen molar-refractivity contribution in [1.29, 1.82) is 0 Å². The van der Waals surface area contributed by atoms with E-state index in [4.69, 9.17) is 29.7 Å². The van der Waals surface area contributed by atoms with Crippen LogP contribution >= 0.6 is 39.4 Å². The lowest BCUT2D eigenvalue weighted by Gasteiger charge is -2.28. The van der Waals surface area contributed by atoms with Gasteiger partial charge in [0, 0.05) is 4.92 Å². The Morgan fingerprint density at radius 2 is 1.58 bits per heavy atom. The maximum Gasteiger partial charge on any atom is 0.490 e. The predicted molar refractivity (Wildman–Crippen MR) is 147 cm³/mol. The largest absolute Gasteiger partial charge is 0.490 e. The number of nitro groups is 3. The number of rotatable bonds is 11. The summed E-state index contributed by atoms with van der Waals surface area (Å²) in [7, 11) is -17.6. The zero-order chi connectivity index (χ0) is 35.7. The van der Waals surface area contributed by atoms with Crippen molar-refractivity contribution in [2.75, 3.05) is 12.3 Å². The van der Waals surface area contributed by atoms with Gasteiger partial charge in [0.2, 0.25) is 5.95 Å². The van der Waals surface area contributed by atoms with Crippen molar-refractivity contribution in [3.63, 3.8) is 0 Å². The minimum atomic E-state index is -5.98. The molecule has 48 heavy (non-hydrogen) atoms. The summed E-state index contributed by atoms with van der Waals surface area (Å²) < 4.78 is 65.0. The summed E-state index contributed by atoms with van der Waals surface area (Å²) in [6, 6.07) is -2.09. The number of ether oxygens (including phenoxy) is 3. The molecule has 0 bridgehead atoms. The third-order valence-electron chi connectivity index (χ3n) is 6.46. The number of nitrogens with one attached hydrogen (secondary N) is 1. The van der Waals surface area contributed by atoms with Gasteiger partial charge < -0.3 is 39.5 Å². The molecular formula is C16H16BrN8O20P3. The van der Waals surface area contributed by atoms with E-state index in [-0.39, 0.29) is 15.9 Å². The average Bonchev–Trinajstić information content (AvgIpc) is 3.54. The van der Waals surface area contributed by atoms with E-state index >= 15 is 0 Å². The van der Waals surface area contributed by atoms with Crippen LogP contribution in [0.15, 0.2) is 33.1 Å². The lowest BCUT2D eigenvalue weighted by atomic mass is 9.99. The van der Waals surface area contributed by atoms with Gasteiger partial charge in [0.05, 0.1) is 28.6 Å². The Kier molecular flexibility index (Phi) is 9.11. The number of aromatic nitrogens is 4. The highest BCUT2D eigenvalue weighted by Gasteiger charge is 2.71. The van der Waals surface area contributed by atoms with Crippen molar-refractivity contribution in [1.82, 2.24) is 19.5 Å². The van der Waals surface area contributed by atoms with Crippen molar-refractivity contribution in [3.05, 3.63) is 69.0 Å². The number of hydrogen-bond acceptors (Lipinski definition) is 19. The number of nitrogens with two attached hydrogens (primary N) is 1. The molecule has 1 aliphatic carbocycles. The summed E-state index contributed by atoms with van der Waals surface area (Å²) in [6.07, 6.45) is -6.39. The number of fused-ring (bicyclic) bond motifs is 2. The molecule has 2 aromatic heterocycles. The maximum atomic E-state index is 12.5. The normalized spacial score (nSPS) is 29.6. The Balaban J connectivity index is 1.58. The number of phosphoric ester groups is 1. The van der Waals surface area contributed by atoms with Gasteiger partial charge >= 0.3 is 40.6 Å².